The monoisotopic (exact) mass is 383 g/mol. The SMILES string of the molecule is Cc1cc(C(=O)Nc2cc(NC(=O)c3ccc4c(c3)OCO4)ccc2F)no1. The molecule has 0 bridgehead atoms. The average molecular weight is 383 g/mol. The second kappa shape index (κ2) is 7.03. The van der Waals surface area contributed by atoms with E-state index in [-0.39, 0.29) is 18.2 Å². The third-order valence-corrected chi connectivity index (χ3v) is 3.97. The van der Waals surface area contributed by atoms with Crippen LogP contribution in [0, 0.1) is 12.7 Å². The second-order valence-corrected chi connectivity index (χ2v) is 5.99. The molecule has 0 atom stereocenters. The molecule has 0 spiro atoms. The van der Waals surface area contributed by atoms with E-state index in [1.807, 2.05) is 0 Å². The lowest BCUT2D eigenvalue weighted by Gasteiger charge is -2.09. The molecule has 0 fully saturated rings. The molecule has 2 amide bonds. The van der Waals surface area contributed by atoms with Crippen molar-refractivity contribution in [2.24, 2.45) is 0 Å². The molecule has 9 heteroatoms. The summed E-state index contributed by atoms with van der Waals surface area (Å²) in [6.07, 6.45) is 0. The number of benzene rings is 2. The lowest BCUT2D eigenvalue weighted by molar-refractivity contribution is 0.101. The summed E-state index contributed by atoms with van der Waals surface area (Å²) < 4.78 is 29.3. The Labute approximate surface area is 158 Å². The summed E-state index contributed by atoms with van der Waals surface area (Å²) in [5.74, 6) is -0.219. The second-order valence-electron chi connectivity index (χ2n) is 5.99. The van der Waals surface area contributed by atoms with E-state index in [1.54, 1.807) is 25.1 Å². The van der Waals surface area contributed by atoms with E-state index in [1.165, 1.54) is 18.2 Å². The van der Waals surface area contributed by atoms with Crippen molar-refractivity contribution in [1.29, 1.82) is 0 Å². The van der Waals surface area contributed by atoms with Gasteiger partial charge in [-0.3, -0.25) is 9.59 Å². The summed E-state index contributed by atoms with van der Waals surface area (Å²) in [5, 5.41) is 8.63. The van der Waals surface area contributed by atoms with E-state index in [9.17, 15) is 14.0 Å². The lowest BCUT2D eigenvalue weighted by atomic mass is 10.1. The van der Waals surface area contributed by atoms with Crippen molar-refractivity contribution in [2.45, 2.75) is 6.92 Å². The van der Waals surface area contributed by atoms with Gasteiger partial charge in [-0.05, 0) is 43.3 Å². The van der Waals surface area contributed by atoms with E-state index in [2.05, 4.69) is 15.8 Å². The molecule has 0 radical (unpaired) electrons. The van der Waals surface area contributed by atoms with Crippen LogP contribution >= 0.6 is 0 Å². The van der Waals surface area contributed by atoms with E-state index in [4.69, 9.17) is 14.0 Å². The fourth-order valence-electron chi connectivity index (χ4n) is 2.60. The van der Waals surface area contributed by atoms with Gasteiger partial charge in [0.15, 0.2) is 17.2 Å². The number of ether oxygens (including phenoxy) is 2. The number of rotatable bonds is 4. The highest BCUT2D eigenvalue weighted by Crippen LogP contribution is 2.32. The van der Waals surface area contributed by atoms with Gasteiger partial charge in [-0.15, -0.1) is 0 Å². The number of hydrogen-bond donors (Lipinski definition) is 2. The van der Waals surface area contributed by atoms with Crippen LogP contribution in [-0.4, -0.2) is 23.8 Å². The first kappa shape index (κ1) is 17.5. The first-order valence-corrected chi connectivity index (χ1v) is 8.25. The highest BCUT2D eigenvalue weighted by Gasteiger charge is 2.17. The van der Waals surface area contributed by atoms with Gasteiger partial charge in [0.2, 0.25) is 6.79 Å². The molecular weight excluding hydrogens is 369 g/mol. The van der Waals surface area contributed by atoms with E-state index < -0.39 is 17.6 Å². The Bertz CT molecular complexity index is 1080. The number of carbonyl (C=O) groups is 2. The largest absolute Gasteiger partial charge is 0.454 e. The molecule has 0 saturated heterocycles. The number of aryl methyl sites for hydroxylation is 1. The molecule has 2 heterocycles. The zero-order valence-electron chi connectivity index (χ0n) is 14.6. The molecule has 28 heavy (non-hydrogen) atoms. The third kappa shape index (κ3) is 3.50. The summed E-state index contributed by atoms with van der Waals surface area (Å²) in [7, 11) is 0. The minimum absolute atomic E-state index is 0.0201. The number of nitrogens with zero attached hydrogens (tertiary/aromatic N) is 1. The zero-order valence-corrected chi connectivity index (χ0v) is 14.6. The molecule has 1 aliphatic heterocycles. The molecular formula is C19H14FN3O5. The van der Waals surface area contributed by atoms with Crippen LogP contribution in [0.3, 0.4) is 0 Å². The van der Waals surface area contributed by atoms with Crippen molar-refractivity contribution in [3.63, 3.8) is 0 Å². The third-order valence-electron chi connectivity index (χ3n) is 3.97. The number of nitrogens with one attached hydrogen (secondary N) is 2. The summed E-state index contributed by atoms with van der Waals surface area (Å²) in [4.78, 5) is 24.6. The fraction of sp³-hybridized carbons (Fsp3) is 0.105. The molecule has 3 aromatic rings. The number of amides is 2. The van der Waals surface area contributed by atoms with Crippen molar-refractivity contribution in [1.82, 2.24) is 5.16 Å². The highest BCUT2D eigenvalue weighted by molar-refractivity contribution is 6.06. The van der Waals surface area contributed by atoms with Gasteiger partial charge in [-0.25, -0.2) is 4.39 Å². The standard InChI is InChI=1S/C19H14FN3O5/c1-10-6-15(23-28-10)19(25)22-14-8-12(3-4-13(14)20)21-18(24)11-2-5-16-17(7-11)27-9-26-16/h2-8H,9H2,1H3,(H,21,24)(H,22,25). The van der Waals surface area contributed by atoms with Crippen LogP contribution in [0.25, 0.3) is 0 Å². The maximum Gasteiger partial charge on any atom is 0.277 e. The molecule has 8 nitrogen and oxygen atoms in total. The van der Waals surface area contributed by atoms with Gasteiger partial charge in [0.1, 0.15) is 11.6 Å². The molecule has 0 unspecified atom stereocenters. The molecule has 2 aromatic carbocycles. The van der Waals surface area contributed by atoms with Gasteiger partial charge in [-0.1, -0.05) is 5.16 Å². The molecule has 0 saturated carbocycles. The molecule has 2 N–H and O–H groups in total. The van der Waals surface area contributed by atoms with Crippen molar-refractivity contribution in [3.8, 4) is 11.5 Å². The quantitative estimate of drug-likeness (QED) is 0.716. The lowest BCUT2D eigenvalue weighted by Crippen LogP contribution is -2.15. The first-order chi connectivity index (χ1) is 13.5. The smallest absolute Gasteiger partial charge is 0.277 e. The zero-order chi connectivity index (χ0) is 19.7. The van der Waals surface area contributed by atoms with E-state index >= 15 is 0 Å². The first-order valence-electron chi connectivity index (χ1n) is 8.25. The van der Waals surface area contributed by atoms with Crippen LogP contribution in [0.1, 0.15) is 26.6 Å². The van der Waals surface area contributed by atoms with Gasteiger partial charge in [-0.2, -0.15) is 0 Å². The normalized spacial score (nSPS) is 11.9. The van der Waals surface area contributed by atoms with Crippen LogP contribution in [0.4, 0.5) is 15.8 Å². The van der Waals surface area contributed by atoms with Crippen LogP contribution in [0.2, 0.25) is 0 Å². The summed E-state index contributed by atoms with van der Waals surface area (Å²) in [6, 6.07) is 10.0. The van der Waals surface area contributed by atoms with Crippen molar-refractivity contribution in [3.05, 3.63) is 65.3 Å². The minimum atomic E-state index is -0.658. The Balaban J connectivity index is 1.50. The van der Waals surface area contributed by atoms with Gasteiger partial charge in [0.05, 0.1) is 5.69 Å². The Morgan fingerprint density at radius 3 is 2.61 bits per heavy atom. The van der Waals surface area contributed by atoms with Crippen LogP contribution in [0.15, 0.2) is 47.0 Å². The fourth-order valence-corrected chi connectivity index (χ4v) is 2.60. The molecule has 1 aromatic heterocycles. The van der Waals surface area contributed by atoms with Gasteiger partial charge < -0.3 is 24.6 Å². The van der Waals surface area contributed by atoms with Gasteiger partial charge in [0, 0.05) is 17.3 Å². The number of fused-ring (bicyclic) bond motifs is 1. The van der Waals surface area contributed by atoms with Crippen LogP contribution in [0.5, 0.6) is 11.5 Å². The number of carbonyl (C=O) groups excluding carboxylic acids is 2. The molecule has 0 aliphatic carbocycles. The van der Waals surface area contributed by atoms with Crippen LogP contribution in [-0.2, 0) is 0 Å². The number of aromatic nitrogens is 1. The Kier molecular flexibility index (Phi) is 4.40. The number of hydrogen-bond acceptors (Lipinski definition) is 6. The van der Waals surface area contributed by atoms with E-state index in [0.717, 1.165) is 6.07 Å². The summed E-state index contributed by atoms with van der Waals surface area (Å²) in [5.41, 5.74) is 0.564. The minimum Gasteiger partial charge on any atom is -0.454 e. The van der Waals surface area contributed by atoms with Crippen molar-refractivity contribution < 1.29 is 28.0 Å². The topological polar surface area (TPSA) is 103 Å². The predicted octanol–water partition coefficient (Wildman–Crippen LogP) is 3.36. The average Bonchev–Trinajstić information content (AvgIpc) is 3.32. The molecule has 1 aliphatic rings. The highest BCUT2D eigenvalue weighted by atomic mass is 19.1. The molecule has 142 valence electrons. The summed E-state index contributed by atoms with van der Waals surface area (Å²) >= 11 is 0. The maximum absolute atomic E-state index is 14.1. The van der Waals surface area contributed by atoms with Gasteiger partial charge >= 0.3 is 0 Å². The summed E-state index contributed by atoms with van der Waals surface area (Å²) in [6.45, 7) is 1.74. The predicted molar refractivity (Wildman–Crippen MR) is 96.1 cm³/mol. The Morgan fingerprint density at radius 2 is 1.82 bits per heavy atom. The number of anilines is 2. The number of halogens is 1. The van der Waals surface area contributed by atoms with E-state index in [0.29, 0.717) is 28.5 Å². The van der Waals surface area contributed by atoms with Gasteiger partial charge in [0.25, 0.3) is 11.8 Å². The Morgan fingerprint density at radius 1 is 1.00 bits per heavy atom. The van der Waals surface area contributed by atoms with Crippen molar-refractivity contribution >= 4 is 23.2 Å². The molecule has 4 rings (SSSR count). The maximum atomic E-state index is 14.1. The Hall–Kier alpha value is -3.88. The van der Waals surface area contributed by atoms with Crippen LogP contribution < -0.4 is 20.1 Å². The van der Waals surface area contributed by atoms with Crippen molar-refractivity contribution in [2.75, 3.05) is 17.4 Å².